The molecule has 0 aliphatic carbocycles. The smallest absolute Gasteiger partial charge is 0.305 e. The molecule has 2 rings (SSSR count). The molecule has 0 spiro atoms. The van der Waals surface area contributed by atoms with Gasteiger partial charge in [0.15, 0.2) is 9.84 Å². The molecule has 6 heteroatoms. The van der Waals surface area contributed by atoms with Gasteiger partial charge in [-0.05, 0) is 35.2 Å². The Labute approximate surface area is 147 Å². The first-order valence-electron chi connectivity index (χ1n) is 7.80. The van der Waals surface area contributed by atoms with E-state index >= 15 is 0 Å². The van der Waals surface area contributed by atoms with Crippen molar-refractivity contribution in [2.24, 2.45) is 0 Å². The summed E-state index contributed by atoms with van der Waals surface area (Å²) < 4.78 is 28.7. The lowest BCUT2D eigenvalue weighted by Crippen LogP contribution is -2.11. The van der Waals surface area contributed by atoms with Gasteiger partial charge in [-0.25, -0.2) is 8.42 Å². The van der Waals surface area contributed by atoms with Crippen molar-refractivity contribution in [3.63, 3.8) is 0 Å². The summed E-state index contributed by atoms with van der Waals surface area (Å²) in [6.45, 7) is 0. The van der Waals surface area contributed by atoms with Crippen molar-refractivity contribution in [1.29, 1.82) is 5.26 Å². The van der Waals surface area contributed by atoms with Crippen LogP contribution in [0, 0.1) is 11.3 Å². The summed E-state index contributed by atoms with van der Waals surface area (Å²) in [7, 11) is -1.98. The van der Waals surface area contributed by atoms with Crippen LogP contribution >= 0.6 is 0 Å². The van der Waals surface area contributed by atoms with Crippen LogP contribution in [0.3, 0.4) is 0 Å². The van der Waals surface area contributed by atoms with Gasteiger partial charge in [0.1, 0.15) is 0 Å². The van der Waals surface area contributed by atoms with Crippen LogP contribution in [0.5, 0.6) is 0 Å². The van der Waals surface area contributed by atoms with Crippen LogP contribution in [0.1, 0.15) is 24.0 Å². The zero-order valence-electron chi connectivity index (χ0n) is 13.9. The topological polar surface area (TPSA) is 84.2 Å². The van der Waals surface area contributed by atoms with Gasteiger partial charge in [0.25, 0.3) is 0 Å². The molecule has 0 saturated carbocycles. The van der Waals surface area contributed by atoms with Crippen LogP contribution in [-0.2, 0) is 25.1 Å². The second-order valence-corrected chi connectivity index (χ2v) is 7.84. The molecule has 2 aromatic carbocycles. The van der Waals surface area contributed by atoms with Gasteiger partial charge in [-0.3, -0.25) is 4.79 Å². The minimum Gasteiger partial charge on any atom is -0.469 e. The first-order chi connectivity index (χ1) is 11.9. The Morgan fingerprint density at radius 1 is 1.04 bits per heavy atom. The predicted molar refractivity (Wildman–Crippen MR) is 95.3 cm³/mol. The lowest BCUT2D eigenvalue weighted by Gasteiger charge is -2.06. The van der Waals surface area contributed by atoms with Crippen molar-refractivity contribution in [2.45, 2.75) is 18.6 Å². The second kappa shape index (κ2) is 8.45. The van der Waals surface area contributed by atoms with E-state index in [1.54, 1.807) is 24.3 Å². The number of nitrogens with zero attached hydrogens (tertiary/aromatic N) is 1. The number of ether oxygens (including phenoxy) is 1. The number of nitriles is 1. The van der Waals surface area contributed by atoms with E-state index in [9.17, 15) is 13.2 Å². The van der Waals surface area contributed by atoms with Gasteiger partial charge in [0.05, 0.1) is 30.2 Å². The molecule has 0 aliphatic rings. The Balaban J connectivity index is 1.99. The molecule has 0 unspecified atom stereocenters. The normalized spacial score (nSPS) is 10.9. The maximum Gasteiger partial charge on any atom is 0.305 e. The highest BCUT2D eigenvalue weighted by molar-refractivity contribution is 7.90. The largest absolute Gasteiger partial charge is 0.469 e. The van der Waals surface area contributed by atoms with E-state index in [-0.39, 0.29) is 24.3 Å². The van der Waals surface area contributed by atoms with Crippen LogP contribution in [-0.4, -0.2) is 27.2 Å². The molecule has 0 N–H and O–H groups in total. The van der Waals surface area contributed by atoms with Crippen molar-refractivity contribution in [1.82, 2.24) is 0 Å². The van der Waals surface area contributed by atoms with Crippen molar-refractivity contribution in [3.8, 4) is 17.2 Å². The number of hydrogen-bond donors (Lipinski definition) is 0. The predicted octanol–water partition coefficient (Wildman–Crippen LogP) is 3.09. The molecule has 25 heavy (non-hydrogen) atoms. The van der Waals surface area contributed by atoms with Gasteiger partial charge in [-0.2, -0.15) is 5.26 Å². The number of methoxy groups -OCH3 is 1. The fraction of sp³-hybridized carbons (Fsp3) is 0.263. The third kappa shape index (κ3) is 5.73. The quantitative estimate of drug-likeness (QED) is 0.711. The zero-order chi connectivity index (χ0) is 18.3. The second-order valence-electron chi connectivity index (χ2n) is 5.66. The van der Waals surface area contributed by atoms with Gasteiger partial charge in [-0.1, -0.05) is 36.4 Å². The van der Waals surface area contributed by atoms with Crippen LogP contribution < -0.4 is 0 Å². The van der Waals surface area contributed by atoms with E-state index in [4.69, 9.17) is 5.26 Å². The molecule has 0 heterocycles. The number of rotatable bonds is 7. The molecule has 2 aromatic rings. The molecule has 0 bridgehead atoms. The highest BCUT2D eigenvalue weighted by atomic mass is 32.2. The lowest BCUT2D eigenvalue weighted by molar-refractivity contribution is -0.140. The minimum absolute atomic E-state index is 0.0422. The first kappa shape index (κ1) is 18.7. The Hall–Kier alpha value is -2.65. The Morgan fingerprint density at radius 2 is 1.60 bits per heavy atom. The van der Waals surface area contributed by atoms with Crippen molar-refractivity contribution < 1.29 is 17.9 Å². The van der Waals surface area contributed by atoms with Crippen LogP contribution in [0.2, 0.25) is 0 Å². The summed E-state index contributed by atoms with van der Waals surface area (Å²) in [5.41, 5.74) is 3.22. The third-order valence-corrected chi connectivity index (χ3v) is 5.44. The molecule has 0 aromatic heterocycles. The standard InChI is InChI=1S/C19H19NO4S/c1-24-19(21)3-2-12-25(22,23)14-16-6-10-18(11-7-16)17-8-4-15(13-20)5-9-17/h4-11H,2-3,12,14H2,1H3. The maximum absolute atomic E-state index is 12.1. The minimum atomic E-state index is -3.27. The number of esters is 1. The van der Waals surface area contributed by atoms with Crippen LogP contribution in [0.15, 0.2) is 48.5 Å². The molecule has 0 amide bonds. The fourth-order valence-electron chi connectivity index (χ4n) is 2.40. The number of hydrogen-bond acceptors (Lipinski definition) is 5. The van der Waals surface area contributed by atoms with Crippen LogP contribution in [0.25, 0.3) is 11.1 Å². The Bertz CT molecular complexity index is 863. The SMILES string of the molecule is COC(=O)CCCS(=O)(=O)Cc1ccc(-c2ccc(C#N)cc2)cc1. The van der Waals surface area contributed by atoms with E-state index in [2.05, 4.69) is 10.8 Å². The Kier molecular flexibility index (Phi) is 6.31. The van der Waals surface area contributed by atoms with Crippen molar-refractivity contribution >= 4 is 15.8 Å². The average Bonchev–Trinajstić information content (AvgIpc) is 2.62. The van der Waals surface area contributed by atoms with E-state index in [0.717, 1.165) is 11.1 Å². The third-order valence-electron chi connectivity index (χ3n) is 3.75. The van der Waals surface area contributed by atoms with Gasteiger partial charge in [-0.15, -0.1) is 0 Å². The summed E-state index contributed by atoms with van der Waals surface area (Å²) in [4.78, 5) is 11.0. The molecule has 130 valence electrons. The zero-order valence-corrected chi connectivity index (χ0v) is 14.8. The fourth-order valence-corrected chi connectivity index (χ4v) is 3.82. The van der Waals surface area contributed by atoms with E-state index < -0.39 is 15.8 Å². The summed E-state index contributed by atoms with van der Waals surface area (Å²) in [6, 6.07) is 16.6. The molecule has 0 fully saturated rings. The average molecular weight is 357 g/mol. The van der Waals surface area contributed by atoms with Crippen molar-refractivity contribution in [3.05, 3.63) is 59.7 Å². The van der Waals surface area contributed by atoms with Gasteiger partial charge >= 0.3 is 5.97 Å². The molecule has 0 atom stereocenters. The number of carbonyl (C=O) groups excluding carboxylic acids is 1. The number of benzene rings is 2. The molecule has 0 radical (unpaired) electrons. The summed E-state index contributed by atoms with van der Waals surface area (Å²) in [5.74, 6) is -0.497. The summed E-state index contributed by atoms with van der Waals surface area (Å²) >= 11 is 0. The monoisotopic (exact) mass is 357 g/mol. The number of sulfone groups is 1. The van der Waals surface area contributed by atoms with Gasteiger partial charge < -0.3 is 4.74 Å². The van der Waals surface area contributed by atoms with Gasteiger partial charge in [0, 0.05) is 6.42 Å². The summed E-state index contributed by atoms with van der Waals surface area (Å²) in [5, 5.41) is 8.82. The highest BCUT2D eigenvalue weighted by Crippen LogP contribution is 2.21. The molecule has 0 aliphatic heterocycles. The van der Waals surface area contributed by atoms with Gasteiger partial charge in [0.2, 0.25) is 0 Å². The molecular formula is C19H19NO4S. The van der Waals surface area contributed by atoms with Crippen molar-refractivity contribution in [2.75, 3.05) is 12.9 Å². The van der Waals surface area contributed by atoms with E-state index in [1.807, 2.05) is 24.3 Å². The molecule has 5 nitrogen and oxygen atoms in total. The molecular weight excluding hydrogens is 338 g/mol. The van der Waals surface area contributed by atoms with E-state index in [1.165, 1.54) is 7.11 Å². The summed E-state index contributed by atoms with van der Waals surface area (Å²) in [6.07, 6.45) is 0.367. The van der Waals surface area contributed by atoms with E-state index in [0.29, 0.717) is 11.1 Å². The first-order valence-corrected chi connectivity index (χ1v) is 9.62. The Morgan fingerprint density at radius 3 is 2.12 bits per heavy atom. The number of carbonyl (C=O) groups is 1. The molecule has 0 saturated heterocycles. The lowest BCUT2D eigenvalue weighted by atomic mass is 10.0. The maximum atomic E-state index is 12.1. The highest BCUT2D eigenvalue weighted by Gasteiger charge is 2.13. The van der Waals surface area contributed by atoms with Crippen LogP contribution in [0.4, 0.5) is 0 Å².